The first-order chi connectivity index (χ1) is 12.7. The monoisotopic (exact) mass is 493 g/mol. The molecule has 1 aromatic rings. The predicted molar refractivity (Wildman–Crippen MR) is 120 cm³/mol. The average Bonchev–Trinajstić information content (AvgIpc) is 2.87. The Hall–Kier alpha value is -0.940. The van der Waals surface area contributed by atoms with Crippen molar-refractivity contribution in [1.82, 2.24) is 30.3 Å². The van der Waals surface area contributed by atoms with Crippen LogP contribution >= 0.6 is 24.0 Å². The summed E-state index contributed by atoms with van der Waals surface area (Å²) in [4.78, 5) is 6.59. The molecule has 0 amide bonds. The van der Waals surface area contributed by atoms with Crippen LogP contribution in [0.2, 0.25) is 0 Å². The minimum atomic E-state index is 0. The van der Waals surface area contributed by atoms with Gasteiger partial charge in [-0.05, 0) is 26.3 Å². The topological polar surface area (TPSA) is 79.6 Å². The Kier molecular flexibility index (Phi) is 12.6. The normalized spacial score (nSPS) is 14.4. The second-order valence-electron chi connectivity index (χ2n) is 6.82. The summed E-state index contributed by atoms with van der Waals surface area (Å²) >= 11 is 0. The van der Waals surface area contributed by atoms with E-state index in [0.717, 1.165) is 76.2 Å². The van der Waals surface area contributed by atoms with Crippen LogP contribution in [0, 0.1) is 0 Å². The van der Waals surface area contributed by atoms with Crippen molar-refractivity contribution in [3.05, 3.63) is 11.6 Å². The van der Waals surface area contributed by atoms with E-state index in [0.29, 0.717) is 0 Å². The molecule has 8 nitrogen and oxygen atoms in total. The third-order valence-electron chi connectivity index (χ3n) is 4.73. The summed E-state index contributed by atoms with van der Waals surface area (Å²) in [5, 5.41) is 15.5. The van der Waals surface area contributed by atoms with Crippen molar-refractivity contribution < 1.29 is 4.74 Å². The first-order valence-corrected chi connectivity index (χ1v) is 9.77. The number of fused-ring (bicyclic) bond motifs is 1. The largest absolute Gasteiger partial charge is 0.385 e. The van der Waals surface area contributed by atoms with Gasteiger partial charge in [0, 0.05) is 66.3 Å². The van der Waals surface area contributed by atoms with Gasteiger partial charge in [0.15, 0.2) is 5.96 Å². The molecule has 0 spiro atoms. The average molecular weight is 493 g/mol. The summed E-state index contributed by atoms with van der Waals surface area (Å²) < 4.78 is 7.39. The van der Waals surface area contributed by atoms with Crippen LogP contribution < -0.4 is 10.6 Å². The fourth-order valence-corrected chi connectivity index (χ4v) is 3.20. The molecule has 1 aliphatic heterocycles. The smallest absolute Gasteiger partial charge is 0.191 e. The van der Waals surface area contributed by atoms with Crippen molar-refractivity contribution in [1.29, 1.82) is 0 Å². The lowest BCUT2D eigenvalue weighted by atomic mass is 10.2. The highest BCUT2D eigenvalue weighted by atomic mass is 127. The van der Waals surface area contributed by atoms with Crippen molar-refractivity contribution in [3.63, 3.8) is 0 Å². The lowest BCUT2D eigenvalue weighted by Crippen LogP contribution is -2.41. The molecule has 9 heteroatoms. The predicted octanol–water partition coefficient (Wildman–Crippen LogP) is 1.30. The summed E-state index contributed by atoms with van der Waals surface area (Å²) in [6.07, 6.45) is 6.73. The van der Waals surface area contributed by atoms with Crippen molar-refractivity contribution >= 4 is 29.9 Å². The van der Waals surface area contributed by atoms with E-state index in [1.807, 2.05) is 0 Å². The molecule has 0 fully saturated rings. The Morgan fingerprint density at radius 2 is 2.00 bits per heavy atom. The summed E-state index contributed by atoms with van der Waals surface area (Å²) in [5.41, 5.74) is 0. The minimum Gasteiger partial charge on any atom is -0.385 e. The molecule has 156 valence electrons. The van der Waals surface area contributed by atoms with Gasteiger partial charge >= 0.3 is 0 Å². The van der Waals surface area contributed by atoms with E-state index in [-0.39, 0.29) is 24.0 Å². The van der Waals surface area contributed by atoms with Gasteiger partial charge in [-0.1, -0.05) is 6.42 Å². The summed E-state index contributed by atoms with van der Waals surface area (Å²) in [7, 11) is 5.68. The van der Waals surface area contributed by atoms with Gasteiger partial charge in [-0.2, -0.15) is 0 Å². The number of rotatable bonds is 10. The highest BCUT2D eigenvalue weighted by molar-refractivity contribution is 14.0. The molecular formula is C18H36IN7O. The second kappa shape index (κ2) is 14.1. The van der Waals surface area contributed by atoms with Crippen molar-refractivity contribution in [2.24, 2.45) is 4.99 Å². The van der Waals surface area contributed by atoms with Crippen LogP contribution in [0.3, 0.4) is 0 Å². The van der Waals surface area contributed by atoms with E-state index in [4.69, 9.17) is 4.74 Å². The molecule has 0 aromatic carbocycles. The Morgan fingerprint density at radius 3 is 2.78 bits per heavy atom. The van der Waals surface area contributed by atoms with Gasteiger partial charge in [-0.3, -0.25) is 4.99 Å². The Balaban J connectivity index is 0.00000364. The molecule has 1 aromatic heterocycles. The maximum atomic E-state index is 5.09. The SMILES string of the molecule is CN=C(NCCc1nnc2n1CCCCC2)NCCN(C)CCCOC.I. The zero-order chi connectivity index (χ0) is 18.6. The standard InChI is InChI=1S/C18H35N7O.HI/c1-19-18(21-11-14-24(2)12-7-15-26-3)20-10-9-17-23-22-16-8-5-4-6-13-25(16)17;/h4-15H2,1-3H3,(H2,19,20,21);1H. The first kappa shape index (κ1) is 24.1. The van der Waals surface area contributed by atoms with Crippen molar-refractivity contribution in [3.8, 4) is 0 Å². The first-order valence-electron chi connectivity index (χ1n) is 9.77. The van der Waals surface area contributed by atoms with Gasteiger partial charge in [-0.15, -0.1) is 34.2 Å². The number of hydrogen-bond acceptors (Lipinski definition) is 5. The zero-order valence-corrected chi connectivity index (χ0v) is 19.4. The van der Waals surface area contributed by atoms with Gasteiger partial charge in [0.25, 0.3) is 0 Å². The number of halogens is 1. The number of aromatic nitrogens is 3. The molecular weight excluding hydrogens is 457 g/mol. The van der Waals surface area contributed by atoms with E-state index in [1.165, 1.54) is 19.3 Å². The van der Waals surface area contributed by atoms with E-state index in [2.05, 4.69) is 42.3 Å². The maximum absolute atomic E-state index is 5.09. The highest BCUT2D eigenvalue weighted by Crippen LogP contribution is 2.14. The van der Waals surface area contributed by atoms with Crippen LogP contribution in [0.1, 0.15) is 37.3 Å². The molecule has 0 saturated carbocycles. The van der Waals surface area contributed by atoms with Crippen LogP contribution in [0.15, 0.2) is 4.99 Å². The molecule has 0 saturated heterocycles. The number of aryl methyl sites for hydroxylation is 1. The molecule has 0 aliphatic carbocycles. The number of guanidine groups is 1. The van der Waals surface area contributed by atoms with Crippen LogP contribution in [0.5, 0.6) is 0 Å². The van der Waals surface area contributed by atoms with Crippen molar-refractivity contribution in [2.45, 2.75) is 45.1 Å². The molecule has 2 N–H and O–H groups in total. The minimum absolute atomic E-state index is 0. The fraction of sp³-hybridized carbons (Fsp3) is 0.833. The van der Waals surface area contributed by atoms with Crippen LogP contribution in [-0.2, 0) is 24.1 Å². The Morgan fingerprint density at radius 1 is 1.19 bits per heavy atom. The number of ether oxygens (including phenoxy) is 1. The van der Waals surface area contributed by atoms with Gasteiger partial charge in [0.2, 0.25) is 0 Å². The zero-order valence-electron chi connectivity index (χ0n) is 17.0. The summed E-state index contributed by atoms with van der Waals surface area (Å²) in [6.45, 7) is 5.56. The van der Waals surface area contributed by atoms with Crippen LogP contribution in [0.4, 0.5) is 0 Å². The second-order valence-corrected chi connectivity index (χ2v) is 6.82. The van der Waals surface area contributed by atoms with Crippen molar-refractivity contribution in [2.75, 3.05) is 54.0 Å². The van der Waals surface area contributed by atoms with Gasteiger partial charge in [0.05, 0.1) is 0 Å². The number of nitrogens with one attached hydrogen (secondary N) is 2. The molecule has 27 heavy (non-hydrogen) atoms. The van der Waals surface area contributed by atoms with E-state index >= 15 is 0 Å². The third-order valence-corrected chi connectivity index (χ3v) is 4.73. The molecule has 0 atom stereocenters. The van der Waals surface area contributed by atoms with Crippen LogP contribution in [0.25, 0.3) is 0 Å². The van der Waals surface area contributed by atoms with Gasteiger partial charge in [-0.25, -0.2) is 0 Å². The molecule has 2 heterocycles. The van der Waals surface area contributed by atoms with Crippen LogP contribution in [-0.4, -0.2) is 79.6 Å². The lowest BCUT2D eigenvalue weighted by Gasteiger charge is -2.18. The van der Waals surface area contributed by atoms with E-state index in [1.54, 1.807) is 14.2 Å². The Labute approximate surface area is 180 Å². The van der Waals surface area contributed by atoms with E-state index in [9.17, 15) is 0 Å². The third kappa shape index (κ3) is 8.73. The molecule has 2 rings (SSSR count). The summed E-state index contributed by atoms with van der Waals surface area (Å²) in [6, 6.07) is 0. The highest BCUT2D eigenvalue weighted by Gasteiger charge is 2.14. The maximum Gasteiger partial charge on any atom is 0.191 e. The molecule has 0 unspecified atom stereocenters. The summed E-state index contributed by atoms with van der Waals surface area (Å²) in [5.74, 6) is 3.07. The lowest BCUT2D eigenvalue weighted by molar-refractivity contribution is 0.180. The van der Waals surface area contributed by atoms with Gasteiger partial charge < -0.3 is 24.8 Å². The fourth-order valence-electron chi connectivity index (χ4n) is 3.20. The number of nitrogens with zero attached hydrogens (tertiary/aromatic N) is 5. The van der Waals surface area contributed by atoms with Gasteiger partial charge in [0.1, 0.15) is 11.6 Å². The molecule has 1 aliphatic rings. The number of likely N-dealkylation sites (N-methyl/N-ethyl adjacent to an activating group) is 1. The molecule has 0 bridgehead atoms. The number of aliphatic imine (C=N–C) groups is 1. The number of hydrogen-bond donors (Lipinski definition) is 2. The molecule has 0 radical (unpaired) electrons. The Bertz CT molecular complexity index is 550. The number of methoxy groups -OCH3 is 1. The quantitative estimate of drug-likeness (QED) is 0.222. The van der Waals surface area contributed by atoms with E-state index < -0.39 is 0 Å².